The highest BCUT2D eigenvalue weighted by Gasteiger charge is 2.17. The zero-order chi connectivity index (χ0) is 11.7. The van der Waals surface area contributed by atoms with Crippen LogP contribution in [-0.4, -0.2) is 63.2 Å². The lowest BCUT2D eigenvalue weighted by molar-refractivity contribution is -0.143. The molecule has 0 bridgehead atoms. The minimum atomic E-state index is -0.164. The van der Waals surface area contributed by atoms with Gasteiger partial charge in [-0.2, -0.15) is 11.8 Å². The fourth-order valence-electron chi connectivity index (χ4n) is 1.14. The second-order valence-electron chi connectivity index (χ2n) is 3.61. The number of thioether (sulfide) groups is 1. The normalized spacial score (nSPS) is 12.9. The van der Waals surface area contributed by atoms with Gasteiger partial charge in [-0.3, -0.25) is 4.79 Å². The van der Waals surface area contributed by atoms with Crippen molar-refractivity contribution in [2.75, 3.05) is 46.3 Å². The fourth-order valence-corrected chi connectivity index (χ4v) is 1.61. The molecule has 0 aromatic heterocycles. The lowest BCUT2D eigenvalue weighted by atomic mass is 10.2. The maximum absolute atomic E-state index is 11.4. The van der Waals surface area contributed by atoms with E-state index >= 15 is 0 Å². The maximum Gasteiger partial charge on any atom is 0.322 e. The van der Waals surface area contributed by atoms with Crippen LogP contribution in [0.3, 0.4) is 0 Å². The molecule has 0 aliphatic heterocycles. The lowest BCUT2D eigenvalue weighted by Crippen LogP contribution is -2.41. The van der Waals surface area contributed by atoms with E-state index in [2.05, 4.69) is 10.2 Å². The summed E-state index contributed by atoms with van der Waals surface area (Å²) < 4.78 is 4.74. The third-order valence-electron chi connectivity index (χ3n) is 2.05. The van der Waals surface area contributed by atoms with Crippen LogP contribution in [0, 0.1) is 0 Å². The first kappa shape index (κ1) is 14.7. The monoisotopic (exact) mass is 234 g/mol. The Hall–Kier alpha value is -0.260. The van der Waals surface area contributed by atoms with Crippen molar-refractivity contribution < 1.29 is 9.53 Å². The molecular formula is C10H22N2O2S. The van der Waals surface area contributed by atoms with Crippen molar-refractivity contribution >= 4 is 17.7 Å². The van der Waals surface area contributed by atoms with E-state index in [1.165, 1.54) is 7.11 Å². The van der Waals surface area contributed by atoms with Crippen molar-refractivity contribution in [1.82, 2.24) is 10.2 Å². The number of carbonyl (C=O) groups excluding carboxylic acids is 1. The van der Waals surface area contributed by atoms with Crippen molar-refractivity contribution in [3.05, 3.63) is 0 Å². The van der Waals surface area contributed by atoms with Crippen LogP contribution in [0.2, 0.25) is 0 Å². The highest BCUT2D eigenvalue weighted by Crippen LogP contribution is 2.02. The molecule has 0 spiro atoms. The fraction of sp³-hybridized carbons (Fsp3) is 0.900. The summed E-state index contributed by atoms with van der Waals surface area (Å²) in [6.07, 6.45) is 2.86. The predicted octanol–water partition coefficient (Wildman–Crippen LogP) is 0.432. The van der Waals surface area contributed by atoms with Crippen LogP contribution in [0.15, 0.2) is 0 Å². The highest BCUT2D eigenvalue weighted by molar-refractivity contribution is 7.98. The largest absolute Gasteiger partial charge is 0.468 e. The van der Waals surface area contributed by atoms with E-state index in [9.17, 15) is 4.79 Å². The van der Waals surface area contributed by atoms with Gasteiger partial charge in [-0.15, -0.1) is 0 Å². The predicted molar refractivity (Wildman–Crippen MR) is 65.4 cm³/mol. The van der Waals surface area contributed by atoms with Gasteiger partial charge in [-0.1, -0.05) is 0 Å². The summed E-state index contributed by atoms with van der Waals surface area (Å²) in [6, 6.07) is -0.164. The molecule has 0 rings (SSSR count). The molecule has 0 fully saturated rings. The van der Waals surface area contributed by atoms with E-state index in [4.69, 9.17) is 4.74 Å². The minimum absolute atomic E-state index is 0.164. The Morgan fingerprint density at radius 2 is 2.20 bits per heavy atom. The highest BCUT2D eigenvalue weighted by atomic mass is 32.2. The third-order valence-corrected chi connectivity index (χ3v) is 2.69. The number of hydrogen-bond acceptors (Lipinski definition) is 5. The second-order valence-corrected chi connectivity index (χ2v) is 4.60. The molecule has 0 amide bonds. The van der Waals surface area contributed by atoms with E-state index in [-0.39, 0.29) is 12.0 Å². The number of nitrogens with one attached hydrogen (secondary N) is 1. The summed E-state index contributed by atoms with van der Waals surface area (Å²) in [5.41, 5.74) is 0. The van der Waals surface area contributed by atoms with Gasteiger partial charge in [0.15, 0.2) is 0 Å². The lowest BCUT2D eigenvalue weighted by Gasteiger charge is -2.17. The standard InChI is InChI=1S/C10H22N2O2S/c1-12(2)7-6-11-9(5-8-15-4)10(13)14-3/h9,11H,5-8H2,1-4H3. The maximum atomic E-state index is 11.4. The zero-order valence-electron chi connectivity index (χ0n) is 10.1. The average molecular weight is 234 g/mol. The zero-order valence-corrected chi connectivity index (χ0v) is 10.9. The third kappa shape index (κ3) is 7.64. The number of likely N-dealkylation sites (N-methyl/N-ethyl adjacent to an activating group) is 1. The molecule has 0 aromatic carbocycles. The van der Waals surface area contributed by atoms with Crippen LogP contribution >= 0.6 is 11.8 Å². The summed E-state index contributed by atoms with van der Waals surface area (Å²) in [7, 11) is 5.45. The first-order valence-electron chi connectivity index (χ1n) is 5.06. The summed E-state index contributed by atoms with van der Waals surface area (Å²) in [5, 5.41) is 3.21. The van der Waals surface area contributed by atoms with Gasteiger partial charge in [0.1, 0.15) is 6.04 Å². The van der Waals surface area contributed by atoms with Gasteiger partial charge in [0, 0.05) is 13.1 Å². The van der Waals surface area contributed by atoms with Crippen molar-refractivity contribution in [1.29, 1.82) is 0 Å². The summed E-state index contributed by atoms with van der Waals surface area (Å²) in [5.74, 6) is 0.803. The molecular weight excluding hydrogens is 212 g/mol. The molecule has 4 nitrogen and oxygen atoms in total. The molecule has 1 unspecified atom stereocenters. The minimum Gasteiger partial charge on any atom is -0.468 e. The smallest absolute Gasteiger partial charge is 0.322 e. The van der Waals surface area contributed by atoms with Crippen LogP contribution in [-0.2, 0) is 9.53 Å². The molecule has 1 atom stereocenters. The molecule has 1 N–H and O–H groups in total. The van der Waals surface area contributed by atoms with Crippen molar-refractivity contribution in [2.45, 2.75) is 12.5 Å². The van der Waals surface area contributed by atoms with Crippen LogP contribution in [0.4, 0.5) is 0 Å². The molecule has 0 radical (unpaired) electrons. The molecule has 0 saturated carbocycles. The topological polar surface area (TPSA) is 41.6 Å². The number of hydrogen-bond donors (Lipinski definition) is 1. The Labute approximate surface area is 96.7 Å². The number of ether oxygens (including phenoxy) is 1. The Kier molecular flexibility index (Phi) is 8.85. The number of nitrogens with zero attached hydrogens (tertiary/aromatic N) is 1. The Balaban J connectivity index is 3.84. The Morgan fingerprint density at radius 1 is 1.53 bits per heavy atom. The summed E-state index contributed by atoms with van der Waals surface area (Å²) in [4.78, 5) is 13.5. The molecule has 5 heteroatoms. The number of methoxy groups -OCH3 is 1. The quantitative estimate of drug-likeness (QED) is 0.617. The van der Waals surface area contributed by atoms with Crippen molar-refractivity contribution in [2.24, 2.45) is 0 Å². The first-order valence-corrected chi connectivity index (χ1v) is 6.46. The molecule has 0 aliphatic rings. The van der Waals surface area contributed by atoms with E-state index < -0.39 is 0 Å². The summed E-state index contributed by atoms with van der Waals surface area (Å²) >= 11 is 1.74. The Bertz CT molecular complexity index is 177. The van der Waals surface area contributed by atoms with Gasteiger partial charge < -0.3 is 15.0 Å². The molecule has 15 heavy (non-hydrogen) atoms. The molecule has 90 valence electrons. The van der Waals surface area contributed by atoms with Gasteiger partial charge in [-0.25, -0.2) is 0 Å². The van der Waals surface area contributed by atoms with Gasteiger partial charge in [-0.05, 0) is 32.5 Å². The van der Waals surface area contributed by atoms with Crippen LogP contribution in [0.1, 0.15) is 6.42 Å². The van der Waals surface area contributed by atoms with E-state index in [0.29, 0.717) is 0 Å². The van der Waals surface area contributed by atoms with Crippen molar-refractivity contribution in [3.8, 4) is 0 Å². The van der Waals surface area contributed by atoms with Crippen LogP contribution in [0.5, 0.6) is 0 Å². The SMILES string of the molecule is COC(=O)C(CCSC)NCCN(C)C. The molecule has 0 saturated heterocycles. The molecule has 0 aromatic rings. The van der Waals surface area contributed by atoms with Gasteiger partial charge in [0.05, 0.1) is 7.11 Å². The van der Waals surface area contributed by atoms with Crippen LogP contribution < -0.4 is 5.32 Å². The number of carbonyl (C=O) groups is 1. The molecule has 0 aliphatic carbocycles. The van der Waals surface area contributed by atoms with Crippen molar-refractivity contribution in [3.63, 3.8) is 0 Å². The van der Waals surface area contributed by atoms with Gasteiger partial charge in [0.2, 0.25) is 0 Å². The van der Waals surface area contributed by atoms with E-state index in [0.717, 1.165) is 25.3 Å². The number of esters is 1. The van der Waals surface area contributed by atoms with Gasteiger partial charge >= 0.3 is 5.97 Å². The Morgan fingerprint density at radius 3 is 2.67 bits per heavy atom. The van der Waals surface area contributed by atoms with Crippen LogP contribution in [0.25, 0.3) is 0 Å². The summed E-state index contributed by atoms with van der Waals surface area (Å²) in [6.45, 7) is 1.73. The van der Waals surface area contributed by atoms with E-state index in [1.807, 2.05) is 20.4 Å². The van der Waals surface area contributed by atoms with E-state index in [1.54, 1.807) is 11.8 Å². The average Bonchev–Trinajstić information content (AvgIpc) is 2.21. The number of rotatable bonds is 8. The first-order chi connectivity index (χ1) is 7.11. The van der Waals surface area contributed by atoms with Gasteiger partial charge in [0.25, 0.3) is 0 Å². The molecule has 0 heterocycles. The second kappa shape index (κ2) is 9.00.